The molecule has 8 heteroatoms. The van der Waals surface area contributed by atoms with E-state index in [0.717, 1.165) is 41.2 Å². The Hall–Kier alpha value is -3.55. The first-order valence-electron chi connectivity index (χ1n) is 13.6. The van der Waals surface area contributed by atoms with Crippen LogP contribution >= 0.6 is 0 Å². The summed E-state index contributed by atoms with van der Waals surface area (Å²) in [5.41, 5.74) is 1.72. The van der Waals surface area contributed by atoms with Crippen LogP contribution in [-0.4, -0.2) is 42.3 Å². The lowest BCUT2D eigenvalue weighted by Crippen LogP contribution is -2.43. The van der Waals surface area contributed by atoms with E-state index in [-0.39, 0.29) is 6.03 Å². The van der Waals surface area contributed by atoms with E-state index in [1.807, 2.05) is 57.2 Å². The molecule has 0 radical (unpaired) electrons. The smallest absolute Gasteiger partial charge is 0.320 e. The average molecular weight is 520 g/mol. The van der Waals surface area contributed by atoms with E-state index in [0.29, 0.717) is 23.0 Å². The highest BCUT2D eigenvalue weighted by Crippen LogP contribution is 2.35. The number of aromatic nitrogens is 2. The molecule has 3 N–H and O–H groups in total. The maximum absolute atomic E-state index is 12.8. The molecule has 2 aromatic heterocycles. The van der Waals surface area contributed by atoms with Crippen LogP contribution < -0.4 is 25.4 Å². The Kier molecular flexibility index (Phi) is 8.92. The number of methoxy groups -OCH3 is 2. The molecule has 1 aliphatic carbocycles. The van der Waals surface area contributed by atoms with Gasteiger partial charge in [0.25, 0.3) is 0 Å². The number of fused-ring (bicyclic) bond motifs is 1. The van der Waals surface area contributed by atoms with Crippen molar-refractivity contribution in [3.63, 3.8) is 0 Å². The Labute approximate surface area is 225 Å². The highest BCUT2D eigenvalue weighted by Gasteiger charge is 2.19. The number of amides is 2. The van der Waals surface area contributed by atoms with Crippen LogP contribution in [0.1, 0.15) is 65.7 Å². The molecule has 1 saturated carbocycles. The fourth-order valence-electron chi connectivity index (χ4n) is 4.99. The minimum absolute atomic E-state index is 0.336. The van der Waals surface area contributed by atoms with Crippen molar-refractivity contribution in [1.82, 2.24) is 15.3 Å². The molecule has 1 fully saturated rings. The van der Waals surface area contributed by atoms with Crippen LogP contribution in [0.25, 0.3) is 22.2 Å². The van der Waals surface area contributed by atoms with Crippen molar-refractivity contribution in [2.24, 2.45) is 5.92 Å². The van der Waals surface area contributed by atoms with Crippen LogP contribution in [0, 0.1) is 5.92 Å². The van der Waals surface area contributed by atoms with Crippen LogP contribution in [-0.2, 0) is 0 Å². The molecule has 0 spiro atoms. The molecule has 0 bridgehead atoms. The summed E-state index contributed by atoms with van der Waals surface area (Å²) in [6, 6.07) is 11.3. The molecule has 3 aromatic rings. The second kappa shape index (κ2) is 12.3. The molecule has 0 unspecified atom stereocenters. The Morgan fingerprint density at radius 3 is 2.34 bits per heavy atom. The molecule has 204 valence electrons. The van der Waals surface area contributed by atoms with Gasteiger partial charge in [0.2, 0.25) is 0 Å². The van der Waals surface area contributed by atoms with Gasteiger partial charge in [0.05, 0.1) is 14.2 Å². The highest BCUT2D eigenvalue weighted by atomic mass is 16.5. The standard InChI is InChI=1S/C30H41N5O3/c1-30(2,3)35-29(36)34-28-25(22-16-23(37-4)19-24(17-22)38-5)18-21-13-14-26(32-27(21)33-28)31-15-9-12-20-10-7-6-8-11-20/h13-14,16-20H,6-12,15H2,1-5H3,(H3,31,32,33,34,35,36). The zero-order chi connectivity index (χ0) is 27.1. The Balaban J connectivity index is 1.60. The first-order valence-corrected chi connectivity index (χ1v) is 13.6. The van der Waals surface area contributed by atoms with E-state index in [4.69, 9.17) is 19.4 Å². The number of hydrogen-bond donors (Lipinski definition) is 3. The summed E-state index contributed by atoms with van der Waals surface area (Å²) in [6.45, 7) is 6.68. The molecule has 0 aliphatic heterocycles. The van der Waals surface area contributed by atoms with Crippen molar-refractivity contribution >= 4 is 28.7 Å². The number of rotatable bonds is 9. The monoisotopic (exact) mass is 519 g/mol. The molecule has 4 rings (SSSR count). The fourth-order valence-corrected chi connectivity index (χ4v) is 4.99. The van der Waals surface area contributed by atoms with E-state index in [1.54, 1.807) is 14.2 Å². The first kappa shape index (κ1) is 27.5. The maximum Gasteiger partial charge on any atom is 0.320 e. The van der Waals surface area contributed by atoms with Gasteiger partial charge in [-0.05, 0) is 75.4 Å². The van der Waals surface area contributed by atoms with Gasteiger partial charge in [-0.1, -0.05) is 32.1 Å². The number of carbonyl (C=O) groups is 1. The lowest BCUT2D eigenvalue weighted by Gasteiger charge is -2.21. The summed E-state index contributed by atoms with van der Waals surface area (Å²) >= 11 is 0. The molecule has 1 aliphatic rings. The van der Waals surface area contributed by atoms with Gasteiger partial charge < -0.3 is 20.1 Å². The number of pyridine rings is 2. The van der Waals surface area contributed by atoms with Crippen LogP contribution in [0.4, 0.5) is 16.4 Å². The number of nitrogens with zero attached hydrogens (tertiary/aromatic N) is 2. The summed E-state index contributed by atoms with van der Waals surface area (Å²) < 4.78 is 10.9. The molecular weight excluding hydrogens is 478 g/mol. The lowest BCUT2D eigenvalue weighted by atomic mass is 9.86. The zero-order valence-electron chi connectivity index (χ0n) is 23.3. The van der Waals surface area contributed by atoms with E-state index < -0.39 is 5.54 Å². The van der Waals surface area contributed by atoms with Gasteiger partial charge in [0.1, 0.15) is 23.1 Å². The molecular formula is C30H41N5O3. The van der Waals surface area contributed by atoms with Gasteiger partial charge in [-0.2, -0.15) is 0 Å². The van der Waals surface area contributed by atoms with Crippen LogP contribution in [0.3, 0.4) is 0 Å². The molecule has 8 nitrogen and oxygen atoms in total. The van der Waals surface area contributed by atoms with Crippen molar-refractivity contribution in [2.75, 3.05) is 31.4 Å². The van der Waals surface area contributed by atoms with Crippen molar-refractivity contribution in [3.8, 4) is 22.6 Å². The van der Waals surface area contributed by atoms with Gasteiger partial charge in [-0.25, -0.2) is 14.8 Å². The summed E-state index contributed by atoms with van der Waals surface area (Å²) in [6.07, 6.45) is 9.30. The van der Waals surface area contributed by atoms with E-state index in [9.17, 15) is 4.79 Å². The Morgan fingerprint density at radius 2 is 1.68 bits per heavy atom. The summed E-state index contributed by atoms with van der Waals surface area (Å²) in [7, 11) is 3.22. The number of hydrogen-bond acceptors (Lipinski definition) is 6. The third-order valence-electron chi connectivity index (χ3n) is 6.88. The normalized spacial score (nSPS) is 14.2. The first-order chi connectivity index (χ1) is 18.2. The maximum atomic E-state index is 12.8. The van der Waals surface area contributed by atoms with Gasteiger partial charge >= 0.3 is 6.03 Å². The predicted molar refractivity (Wildman–Crippen MR) is 154 cm³/mol. The van der Waals surface area contributed by atoms with Crippen LogP contribution in [0.2, 0.25) is 0 Å². The van der Waals surface area contributed by atoms with E-state index in [1.165, 1.54) is 38.5 Å². The molecule has 0 atom stereocenters. The molecule has 2 heterocycles. The number of urea groups is 1. The minimum atomic E-state index is -0.396. The second-order valence-electron chi connectivity index (χ2n) is 11.1. The third kappa shape index (κ3) is 7.49. The van der Waals surface area contributed by atoms with Gasteiger partial charge in [-0.15, -0.1) is 0 Å². The third-order valence-corrected chi connectivity index (χ3v) is 6.88. The SMILES string of the molecule is COc1cc(OC)cc(-c2cc3ccc(NCCCC4CCCCC4)nc3nc2NC(=O)NC(C)(C)C)c1. The van der Waals surface area contributed by atoms with Crippen molar-refractivity contribution in [3.05, 3.63) is 36.4 Å². The largest absolute Gasteiger partial charge is 0.497 e. The van der Waals surface area contributed by atoms with Crippen molar-refractivity contribution in [2.45, 2.75) is 71.3 Å². The number of carbonyl (C=O) groups excluding carboxylic acids is 1. The summed E-state index contributed by atoms with van der Waals surface area (Å²) in [5, 5.41) is 10.2. The average Bonchev–Trinajstić information content (AvgIpc) is 2.89. The lowest BCUT2D eigenvalue weighted by molar-refractivity contribution is 0.243. The molecule has 38 heavy (non-hydrogen) atoms. The fraction of sp³-hybridized carbons (Fsp3) is 0.500. The number of anilines is 2. The van der Waals surface area contributed by atoms with E-state index >= 15 is 0 Å². The van der Waals surface area contributed by atoms with E-state index in [2.05, 4.69) is 16.0 Å². The zero-order valence-corrected chi connectivity index (χ0v) is 23.3. The minimum Gasteiger partial charge on any atom is -0.497 e. The predicted octanol–water partition coefficient (Wildman–Crippen LogP) is 7.01. The molecule has 1 aromatic carbocycles. The van der Waals surface area contributed by atoms with Gasteiger partial charge in [0, 0.05) is 29.1 Å². The van der Waals surface area contributed by atoms with Gasteiger partial charge in [0.15, 0.2) is 5.65 Å². The second-order valence-corrected chi connectivity index (χ2v) is 11.1. The Bertz CT molecular complexity index is 1230. The quantitative estimate of drug-likeness (QED) is 0.263. The summed E-state index contributed by atoms with van der Waals surface area (Å²) in [4.78, 5) is 22.4. The van der Waals surface area contributed by atoms with Gasteiger partial charge in [-0.3, -0.25) is 5.32 Å². The highest BCUT2D eigenvalue weighted by molar-refractivity contribution is 5.97. The van der Waals surface area contributed by atoms with Crippen molar-refractivity contribution < 1.29 is 14.3 Å². The molecule has 2 amide bonds. The van der Waals surface area contributed by atoms with Crippen molar-refractivity contribution in [1.29, 1.82) is 0 Å². The number of benzene rings is 1. The topological polar surface area (TPSA) is 97.4 Å². The van der Waals surface area contributed by atoms with Crippen LogP contribution in [0.15, 0.2) is 36.4 Å². The number of ether oxygens (including phenoxy) is 2. The summed E-state index contributed by atoms with van der Waals surface area (Å²) in [5.74, 6) is 3.37. The Morgan fingerprint density at radius 1 is 0.974 bits per heavy atom. The number of nitrogens with one attached hydrogen (secondary N) is 3. The van der Waals surface area contributed by atoms with Crippen LogP contribution in [0.5, 0.6) is 11.5 Å². The molecule has 0 saturated heterocycles.